The molecular formula is C14H13N5O. The zero-order valence-electron chi connectivity index (χ0n) is 10.9. The fourth-order valence-electron chi connectivity index (χ4n) is 2.25. The fraction of sp³-hybridized carbons (Fsp3) is 0.0714. The molecule has 3 N–H and O–H groups in total. The van der Waals surface area contributed by atoms with Crippen LogP contribution in [0.2, 0.25) is 0 Å². The van der Waals surface area contributed by atoms with E-state index in [4.69, 9.17) is 5.84 Å². The molecule has 3 aromatic rings. The van der Waals surface area contributed by atoms with Crippen molar-refractivity contribution in [3.63, 3.8) is 0 Å². The van der Waals surface area contributed by atoms with Crippen molar-refractivity contribution in [3.8, 4) is 11.1 Å². The third kappa shape index (κ3) is 1.92. The van der Waals surface area contributed by atoms with E-state index < -0.39 is 0 Å². The highest BCUT2D eigenvalue weighted by Gasteiger charge is 2.17. The number of hydrogen-bond donors (Lipinski definition) is 2. The van der Waals surface area contributed by atoms with E-state index in [1.165, 1.54) is 4.80 Å². The number of carbonyl (C=O) groups is 1. The molecule has 0 aliphatic heterocycles. The third-order valence-electron chi connectivity index (χ3n) is 3.09. The lowest BCUT2D eigenvalue weighted by Gasteiger charge is -2.08. The van der Waals surface area contributed by atoms with Gasteiger partial charge in [0.1, 0.15) is 11.0 Å². The number of nitrogens with two attached hydrogens (primary N) is 1. The molecule has 100 valence electrons. The van der Waals surface area contributed by atoms with Crippen LogP contribution in [0.4, 0.5) is 0 Å². The summed E-state index contributed by atoms with van der Waals surface area (Å²) in [5.41, 5.74) is 5.70. The SMILES string of the molecule is Cn1nc2ccc(C(=O)NN)c(-c3ccccc3)c2n1. The smallest absolute Gasteiger partial charge is 0.265 e. The maximum absolute atomic E-state index is 12.0. The quantitative estimate of drug-likeness (QED) is 0.415. The second kappa shape index (κ2) is 4.75. The molecule has 0 saturated heterocycles. The van der Waals surface area contributed by atoms with Gasteiger partial charge in [0.15, 0.2) is 0 Å². The number of carbonyl (C=O) groups excluding carboxylic acids is 1. The molecule has 0 fully saturated rings. The van der Waals surface area contributed by atoms with E-state index in [-0.39, 0.29) is 5.91 Å². The summed E-state index contributed by atoms with van der Waals surface area (Å²) in [6, 6.07) is 13.1. The van der Waals surface area contributed by atoms with Crippen molar-refractivity contribution in [2.75, 3.05) is 0 Å². The lowest BCUT2D eigenvalue weighted by molar-refractivity contribution is 0.0954. The van der Waals surface area contributed by atoms with Crippen LogP contribution in [-0.2, 0) is 7.05 Å². The van der Waals surface area contributed by atoms with Crippen LogP contribution in [0.5, 0.6) is 0 Å². The van der Waals surface area contributed by atoms with Gasteiger partial charge in [-0.3, -0.25) is 10.2 Å². The minimum atomic E-state index is -0.351. The van der Waals surface area contributed by atoms with E-state index in [2.05, 4.69) is 15.6 Å². The van der Waals surface area contributed by atoms with Gasteiger partial charge in [0.25, 0.3) is 5.91 Å². The normalized spacial score (nSPS) is 10.7. The predicted octanol–water partition coefficient (Wildman–Crippen LogP) is 1.24. The predicted molar refractivity (Wildman–Crippen MR) is 75.6 cm³/mol. The molecular weight excluding hydrogens is 254 g/mol. The number of fused-ring (bicyclic) bond motifs is 1. The number of hydrogen-bond acceptors (Lipinski definition) is 4. The Kier molecular flexibility index (Phi) is 2.92. The van der Waals surface area contributed by atoms with Crippen molar-refractivity contribution in [1.29, 1.82) is 0 Å². The van der Waals surface area contributed by atoms with E-state index >= 15 is 0 Å². The molecule has 0 spiro atoms. The Bertz CT molecular complexity index is 779. The molecule has 0 radical (unpaired) electrons. The Labute approximate surface area is 115 Å². The molecule has 0 unspecified atom stereocenters. The average molecular weight is 267 g/mol. The van der Waals surface area contributed by atoms with E-state index in [1.807, 2.05) is 30.3 Å². The summed E-state index contributed by atoms with van der Waals surface area (Å²) >= 11 is 0. The van der Waals surface area contributed by atoms with Gasteiger partial charge in [-0.25, -0.2) is 5.84 Å². The number of hydrazine groups is 1. The number of nitrogen functional groups attached to an aromatic ring is 1. The van der Waals surface area contributed by atoms with Crippen LogP contribution in [0.15, 0.2) is 42.5 Å². The highest BCUT2D eigenvalue weighted by Crippen LogP contribution is 2.30. The van der Waals surface area contributed by atoms with Gasteiger partial charge in [0, 0.05) is 12.6 Å². The van der Waals surface area contributed by atoms with Gasteiger partial charge in [-0.15, -0.1) is 0 Å². The first-order chi connectivity index (χ1) is 9.70. The lowest BCUT2D eigenvalue weighted by atomic mass is 9.97. The Hall–Kier alpha value is -2.73. The molecule has 0 bridgehead atoms. The number of rotatable bonds is 2. The highest BCUT2D eigenvalue weighted by molar-refractivity contribution is 6.07. The monoisotopic (exact) mass is 267 g/mol. The van der Waals surface area contributed by atoms with Crippen molar-refractivity contribution >= 4 is 16.9 Å². The van der Waals surface area contributed by atoms with E-state index in [0.717, 1.165) is 16.6 Å². The zero-order chi connectivity index (χ0) is 14.1. The lowest BCUT2D eigenvalue weighted by Crippen LogP contribution is -2.30. The van der Waals surface area contributed by atoms with E-state index in [1.54, 1.807) is 19.2 Å². The molecule has 3 rings (SSSR count). The number of benzene rings is 2. The van der Waals surface area contributed by atoms with Gasteiger partial charge in [-0.1, -0.05) is 30.3 Å². The van der Waals surface area contributed by atoms with Gasteiger partial charge in [-0.05, 0) is 17.7 Å². The number of nitrogens with zero attached hydrogens (tertiary/aromatic N) is 3. The van der Waals surface area contributed by atoms with Crippen molar-refractivity contribution < 1.29 is 4.79 Å². The number of aryl methyl sites for hydroxylation is 1. The van der Waals surface area contributed by atoms with E-state index in [0.29, 0.717) is 11.1 Å². The Balaban J connectivity index is 2.37. The van der Waals surface area contributed by atoms with Gasteiger partial charge < -0.3 is 0 Å². The summed E-state index contributed by atoms with van der Waals surface area (Å²) in [6.45, 7) is 0. The number of nitrogens with one attached hydrogen (secondary N) is 1. The van der Waals surface area contributed by atoms with Crippen molar-refractivity contribution in [3.05, 3.63) is 48.0 Å². The van der Waals surface area contributed by atoms with Crippen molar-refractivity contribution in [2.24, 2.45) is 12.9 Å². The minimum absolute atomic E-state index is 0.351. The average Bonchev–Trinajstić information content (AvgIpc) is 2.86. The molecule has 0 aliphatic rings. The first-order valence-electron chi connectivity index (χ1n) is 6.11. The van der Waals surface area contributed by atoms with Gasteiger partial charge in [0.2, 0.25) is 0 Å². The standard InChI is InChI=1S/C14H13N5O/c1-19-17-11-8-7-10(14(20)16-15)12(13(11)18-19)9-5-3-2-4-6-9/h2-8H,15H2,1H3,(H,16,20). The summed E-state index contributed by atoms with van der Waals surface area (Å²) < 4.78 is 0. The molecule has 6 nitrogen and oxygen atoms in total. The Morgan fingerprint density at radius 2 is 1.90 bits per heavy atom. The van der Waals surface area contributed by atoms with Crippen LogP contribution in [0, 0.1) is 0 Å². The summed E-state index contributed by atoms with van der Waals surface area (Å²) in [5, 5.41) is 8.62. The first-order valence-corrected chi connectivity index (χ1v) is 6.11. The molecule has 6 heteroatoms. The zero-order valence-corrected chi connectivity index (χ0v) is 10.9. The first kappa shape index (κ1) is 12.3. The Morgan fingerprint density at radius 1 is 1.15 bits per heavy atom. The molecule has 1 amide bonds. The molecule has 0 atom stereocenters. The highest BCUT2D eigenvalue weighted by atomic mass is 16.2. The summed E-state index contributed by atoms with van der Waals surface area (Å²) in [5.74, 6) is 4.91. The van der Waals surface area contributed by atoms with E-state index in [9.17, 15) is 4.79 Å². The maximum Gasteiger partial charge on any atom is 0.265 e. The second-order valence-corrected chi connectivity index (χ2v) is 4.38. The third-order valence-corrected chi connectivity index (χ3v) is 3.09. The minimum Gasteiger partial charge on any atom is -0.290 e. The van der Waals surface area contributed by atoms with Crippen LogP contribution in [-0.4, -0.2) is 20.9 Å². The van der Waals surface area contributed by atoms with Crippen LogP contribution in [0.1, 0.15) is 10.4 Å². The van der Waals surface area contributed by atoms with Crippen molar-refractivity contribution in [1.82, 2.24) is 20.4 Å². The maximum atomic E-state index is 12.0. The van der Waals surface area contributed by atoms with Crippen LogP contribution in [0.3, 0.4) is 0 Å². The van der Waals surface area contributed by atoms with Gasteiger partial charge in [-0.2, -0.15) is 15.0 Å². The summed E-state index contributed by atoms with van der Waals surface area (Å²) in [6.07, 6.45) is 0. The van der Waals surface area contributed by atoms with Crippen LogP contribution in [0.25, 0.3) is 22.2 Å². The molecule has 1 aromatic heterocycles. The van der Waals surface area contributed by atoms with Crippen LogP contribution < -0.4 is 11.3 Å². The largest absolute Gasteiger partial charge is 0.290 e. The summed E-state index contributed by atoms with van der Waals surface area (Å²) in [4.78, 5) is 13.5. The molecule has 20 heavy (non-hydrogen) atoms. The van der Waals surface area contributed by atoms with Crippen LogP contribution >= 0.6 is 0 Å². The fourth-order valence-corrected chi connectivity index (χ4v) is 2.25. The molecule has 0 saturated carbocycles. The Morgan fingerprint density at radius 3 is 2.60 bits per heavy atom. The van der Waals surface area contributed by atoms with Crippen molar-refractivity contribution in [2.45, 2.75) is 0 Å². The molecule has 0 aliphatic carbocycles. The topological polar surface area (TPSA) is 85.8 Å². The van der Waals surface area contributed by atoms with Gasteiger partial charge >= 0.3 is 0 Å². The summed E-state index contributed by atoms with van der Waals surface area (Å²) in [7, 11) is 1.75. The van der Waals surface area contributed by atoms with Gasteiger partial charge in [0.05, 0.1) is 5.56 Å². The molecule has 1 heterocycles. The molecule has 2 aromatic carbocycles. The number of aromatic nitrogens is 3. The second-order valence-electron chi connectivity index (χ2n) is 4.38. The number of amides is 1.